The molecular weight excluding hydrogens is 334 g/mol. The summed E-state index contributed by atoms with van der Waals surface area (Å²) >= 11 is 3.32. The molecule has 1 aliphatic carbocycles. The molecule has 0 aliphatic heterocycles. The average molecular weight is 350 g/mol. The Hall–Kier alpha value is -1.76. The minimum Gasteiger partial charge on any atom is -0.351 e. The van der Waals surface area contributed by atoms with E-state index in [2.05, 4.69) is 36.3 Å². The van der Waals surface area contributed by atoms with Crippen molar-refractivity contribution in [2.24, 2.45) is 0 Å². The van der Waals surface area contributed by atoms with Gasteiger partial charge in [0.05, 0.1) is 10.5 Å². The van der Waals surface area contributed by atoms with Crippen molar-refractivity contribution in [3.05, 3.63) is 45.5 Å². The highest BCUT2D eigenvalue weighted by Gasteiger charge is 2.23. The summed E-state index contributed by atoms with van der Waals surface area (Å²) < 4.78 is 2.47. The molecule has 2 aromatic heterocycles. The third-order valence-corrected chi connectivity index (χ3v) is 4.15. The van der Waals surface area contributed by atoms with Crippen molar-refractivity contribution >= 4 is 21.9 Å². The monoisotopic (exact) mass is 349 g/mol. The molecule has 0 atom stereocenters. The highest BCUT2D eigenvalue weighted by molar-refractivity contribution is 9.10. The van der Waals surface area contributed by atoms with E-state index in [0.29, 0.717) is 12.0 Å². The van der Waals surface area contributed by atoms with E-state index in [4.69, 9.17) is 0 Å². The molecule has 0 unspecified atom stereocenters. The van der Waals surface area contributed by atoms with E-state index in [1.165, 1.54) is 0 Å². The highest BCUT2D eigenvalue weighted by atomic mass is 79.9. The number of nitrogens with one attached hydrogen (secondary N) is 1. The van der Waals surface area contributed by atoms with Gasteiger partial charge in [0.2, 0.25) is 5.95 Å². The zero-order chi connectivity index (χ0) is 14.7. The number of hydrogen-bond donors (Lipinski definition) is 1. The highest BCUT2D eigenvalue weighted by Crippen LogP contribution is 2.28. The first-order chi connectivity index (χ1) is 10.2. The summed E-state index contributed by atoms with van der Waals surface area (Å²) in [5.74, 6) is 0.650. The van der Waals surface area contributed by atoms with E-state index in [-0.39, 0.29) is 11.6 Å². The molecule has 2 heterocycles. The van der Waals surface area contributed by atoms with E-state index in [0.717, 1.165) is 30.2 Å². The molecule has 0 spiro atoms. The maximum absolute atomic E-state index is 11.8. The lowest BCUT2D eigenvalue weighted by Crippen LogP contribution is -2.33. The molecule has 3 rings (SSSR count). The second kappa shape index (κ2) is 6.34. The number of nitrogens with zero attached hydrogens (tertiary/aromatic N) is 4. The summed E-state index contributed by atoms with van der Waals surface area (Å²) in [4.78, 5) is 20.2. The van der Waals surface area contributed by atoms with Crippen LogP contribution in [-0.4, -0.2) is 25.8 Å². The fourth-order valence-electron chi connectivity index (χ4n) is 2.68. The largest absolute Gasteiger partial charge is 0.351 e. The standard InChI is InChI=1S/C14H16BrN5O/c15-10-8-16-14(17-9-10)19-11-3-5-12(6-4-11)20-13(21)2-1-7-18-20/h1-2,7-9,11-12H,3-6H2,(H,16,17,19). The Morgan fingerprint density at radius 2 is 1.90 bits per heavy atom. The zero-order valence-electron chi connectivity index (χ0n) is 11.4. The van der Waals surface area contributed by atoms with E-state index < -0.39 is 0 Å². The maximum atomic E-state index is 11.8. The van der Waals surface area contributed by atoms with Crippen molar-refractivity contribution < 1.29 is 0 Å². The Balaban J connectivity index is 1.59. The SMILES string of the molecule is O=c1cccnn1C1CCC(Nc2ncc(Br)cn2)CC1. The van der Waals surface area contributed by atoms with Gasteiger partial charge in [-0.2, -0.15) is 5.10 Å². The van der Waals surface area contributed by atoms with Crippen LogP contribution in [0, 0.1) is 0 Å². The summed E-state index contributed by atoms with van der Waals surface area (Å²) in [7, 11) is 0. The molecule has 0 bridgehead atoms. The van der Waals surface area contributed by atoms with Gasteiger partial charge in [0.15, 0.2) is 0 Å². The molecule has 2 aromatic rings. The quantitative estimate of drug-likeness (QED) is 0.920. The van der Waals surface area contributed by atoms with Crippen LogP contribution in [0.1, 0.15) is 31.7 Å². The summed E-state index contributed by atoms with van der Waals surface area (Å²) in [6.07, 6.45) is 8.96. The summed E-state index contributed by atoms with van der Waals surface area (Å²) in [5, 5.41) is 7.52. The van der Waals surface area contributed by atoms with Crippen molar-refractivity contribution in [3.8, 4) is 0 Å². The molecule has 1 saturated carbocycles. The topological polar surface area (TPSA) is 72.7 Å². The van der Waals surface area contributed by atoms with E-state index in [1.54, 1.807) is 35.4 Å². The molecule has 6 nitrogen and oxygen atoms in total. The van der Waals surface area contributed by atoms with Gasteiger partial charge in [0, 0.05) is 30.7 Å². The fourth-order valence-corrected chi connectivity index (χ4v) is 2.88. The van der Waals surface area contributed by atoms with Gasteiger partial charge in [-0.1, -0.05) is 0 Å². The van der Waals surface area contributed by atoms with Gasteiger partial charge in [-0.3, -0.25) is 4.79 Å². The summed E-state index contributed by atoms with van der Waals surface area (Å²) in [5.41, 5.74) is -0.0230. The number of anilines is 1. The van der Waals surface area contributed by atoms with Crippen molar-refractivity contribution in [3.63, 3.8) is 0 Å². The Bertz CT molecular complexity index is 649. The molecule has 1 aliphatic rings. The number of halogens is 1. The molecule has 1 fully saturated rings. The first-order valence-electron chi connectivity index (χ1n) is 7.00. The van der Waals surface area contributed by atoms with Crippen LogP contribution in [0.5, 0.6) is 0 Å². The van der Waals surface area contributed by atoms with Crippen molar-refractivity contribution in [1.82, 2.24) is 19.7 Å². The molecule has 0 saturated heterocycles. The van der Waals surface area contributed by atoms with Crippen LogP contribution in [-0.2, 0) is 0 Å². The second-order valence-corrected chi connectivity index (χ2v) is 6.10. The second-order valence-electron chi connectivity index (χ2n) is 5.18. The van der Waals surface area contributed by atoms with Gasteiger partial charge in [-0.15, -0.1) is 0 Å². The third kappa shape index (κ3) is 3.47. The predicted octanol–water partition coefficient (Wildman–Crippen LogP) is 2.39. The van der Waals surface area contributed by atoms with Gasteiger partial charge in [0.1, 0.15) is 0 Å². The normalized spacial score (nSPS) is 22.0. The van der Waals surface area contributed by atoms with Gasteiger partial charge < -0.3 is 5.32 Å². The maximum Gasteiger partial charge on any atom is 0.266 e. The lowest BCUT2D eigenvalue weighted by atomic mass is 9.91. The van der Waals surface area contributed by atoms with E-state index in [9.17, 15) is 4.79 Å². The smallest absolute Gasteiger partial charge is 0.266 e. The Morgan fingerprint density at radius 1 is 1.19 bits per heavy atom. The third-order valence-electron chi connectivity index (χ3n) is 3.74. The average Bonchev–Trinajstić information content (AvgIpc) is 2.51. The van der Waals surface area contributed by atoms with Crippen LogP contribution in [0.15, 0.2) is 40.0 Å². The van der Waals surface area contributed by atoms with Crippen LogP contribution in [0.4, 0.5) is 5.95 Å². The van der Waals surface area contributed by atoms with Crippen LogP contribution in [0.3, 0.4) is 0 Å². The Labute approximate surface area is 130 Å². The first-order valence-corrected chi connectivity index (χ1v) is 7.79. The molecule has 110 valence electrons. The molecule has 21 heavy (non-hydrogen) atoms. The van der Waals surface area contributed by atoms with E-state index >= 15 is 0 Å². The number of aromatic nitrogens is 4. The van der Waals surface area contributed by atoms with Gasteiger partial charge in [0.25, 0.3) is 5.56 Å². The van der Waals surface area contributed by atoms with Crippen molar-refractivity contribution in [1.29, 1.82) is 0 Å². The van der Waals surface area contributed by atoms with Crippen molar-refractivity contribution in [2.45, 2.75) is 37.8 Å². The molecular formula is C14H16BrN5O. The van der Waals surface area contributed by atoms with Crippen LogP contribution in [0.25, 0.3) is 0 Å². The number of hydrogen-bond acceptors (Lipinski definition) is 5. The lowest BCUT2D eigenvalue weighted by molar-refractivity contribution is 0.303. The predicted molar refractivity (Wildman–Crippen MR) is 83.1 cm³/mol. The van der Waals surface area contributed by atoms with Crippen LogP contribution < -0.4 is 10.9 Å². The number of rotatable bonds is 3. The van der Waals surface area contributed by atoms with Gasteiger partial charge in [-0.25, -0.2) is 14.6 Å². The first kappa shape index (κ1) is 14.2. The lowest BCUT2D eigenvalue weighted by Gasteiger charge is -2.29. The van der Waals surface area contributed by atoms with E-state index in [1.807, 2.05) is 0 Å². The zero-order valence-corrected chi connectivity index (χ0v) is 13.0. The van der Waals surface area contributed by atoms with Crippen LogP contribution >= 0.6 is 15.9 Å². The summed E-state index contributed by atoms with van der Waals surface area (Å²) in [6.45, 7) is 0. The molecule has 1 N–H and O–H groups in total. The minimum atomic E-state index is -0.0230. The van der Waals surface area contributed by atoms with Gasteiger partial charge >= 0.3 is 0 Å². The molecule has 0 amide bonds. The van der Waals surface area contributed by atoms with Crippen LogP contribution in [0.2, 0.25) is 0 Å². The molecule has 0 radical (unpaired) electrons. The van der Waals surface area contributed by atoms with Crippen molar-refractivity contribution in [2.75, 3.05) is 5.32 Å². The molecule has 7 heteroatoms. The summed E-state index contributed by atoms with van der Waals surface area (Å²) in [6, 6.07) is 3.79. The Kier molecular flexibility index (Phi) is 4.28. The molecule has 0 aromatic carbocycles. The van der Waals surface area contributed by atoms with Gasteiger partial charge in [-0.05, 0) is 47.7 Å². The Morgan fingerprint density at radius 3 is 2.57 bits per heavy atom. The fraction of sp³-hybridized carbons (Fsp3) is 0.429. The minimum absolute atomic E-state index is 0.0230.